The maximum absolute atomic E-state index is 14.1. The molecule has 0 fully saturated rings. The first-order chi connectivity index (χ1) is 13.0. The summed E-state index contributed by atoms with van der Waals surface area (Å²) < 4.78 is 56.5. The Morgan fingerprint density at radius 2 is 1.63 bits per heavy atom. The largest absolute Gasteiger partial charge is 0.214 e. The number of benzene rings is 2. The third-order valence-electron chi connectivity index (χ3n) is 4.14. The summed E-state index contributed by atoms with van der Waals surface area (Å²) in [5.74, 6) is -6.97. The second kappa shape index (κ2) is 7.58. The van der Waals surface area contributed by atoms with Gasteiger partial charge >= 0.3 is 0 Å². The van der Waals surface area contributed by atoms with Crippen LogP contribution in [0.2, 0.25) is 0 Å². The fraction of sp³-hybridized carbons (Fsp3) is 0.211. The topological polar surface area (TPSA) is 54.5 Å². The van der Waals surface area contributed by atoms with Crippen molar-refractivity contribution in [1.29, 1.82) is 5.26 Å². The van der Waals surface area contributed by atoms with Gasteiger partial charge in [-0.05, 0) is 18.4 Å². The first-order valence-electron chi connectivity index (χ1n) is 8.26. The molecular formula is C19H14F4N4. The summed E-state index contributed by atoms with van der Waals surface area (Å²) in [5, 5.41) is 16.0. The van der Waals surface area contributed by atoms with Crippen LogP contribution in [0.3, 0.4) is 0 Å². The van der Waals surface area contributed by atoms with E-state index >= 15 is 0 Å². The first kappa shape index (κ1) is 18.6. The minimum Gasteiger partial charge on any atom is -0.214 e. The van der Waals surface area contributed by atoms with Crippen LogP contribution in [-0.4, -0.2) is 15.0 Å². The smallest absolute Gasteiger partial charge is 0.189 e. The lowest BCUT2D eigenvalue weighted by atomic mass is 10.1. The van der Waals surface area contributed by atoms with Gasteiger partial charge < -0.3 is 0 Å². The zero-order chi connectivity index (χ0) is 19.6. The van der Waals surface area contributed by atoms with Gasteiger partial charge in [-0.2, -0.15) is 5.26 Å². The normalized spacial score (nSPS) is 10.8. The lowest BCUT2D eigenvalue weighted by Gasteiger charge is -2.07. The van der Waals surface area contributed by atoms with Gasteiger partial charge in [-0.15, -0.1) is 5.10 Å². The molecule has 0 saturated carbocycles. The van der Waals surface area contributed by atoms with Crippen molar-refractivity contribution >= 4 is 0 Å². The van der Waals surface area contributed by atoms with Crippen molar-refractivity contribution in [1.82, 2.24) is 15.0 Å². The average Bonchev–Trinajstić information content (AvgIpc) is 3.15. The van der Waals surface area contributed by atoms with E-state index in [1.807, 2.05) is 12.1 Å². The Kier molecular flexibility index (Phi) is 5.21. The van der Waals surface area contributed by atoms with E-state index in [4.69, 9.17) is 5.26 Å². The van der Waals surface area contributed by atoms with E-state index in [0.717, 1.165) is 37.1 Å². The highest BCUT2D eigenvalue weighted by molar-refractivity contribution is 5.59. The van der Waals surface area contributed by atoms with E-state index in [2.05, 4.69) is 17.2 Å². The third kappa shape index (κ3) is 3.40. The van der Waals surface area contributed by atoms with Crippen LogP contribution in [0.15, 0.2) is 30.5 Å². The van der Waals surface area contributed by atoms with Crippen LogP contribution in [0.4, 0.5) is 17.6 Å². The molecule has 0 bridgehead atoms. The Morgan fingerprint density at radius 3 is 2.19 bits per heavy atom. The third-order valence-corrected chi connectivity index (χ3v) is 4.14. The minimum absolute atomic E-state index is 0.279. The lowest BCUT2D eigenvalue weighted by Crippen LogP contribution is -2.10. The zero-order valence-corrected chi connectivity index (χ0v) is 14.3. The van der Waals surface area contributed by atoms with E-state index in [1.165, 1.54) is 0 Å². The van der Waals surface area contributed by atoms with Gasteiger partial charge in [0.05, 0.1) is 6.20 Å². The maximum atomic E-state index is 14.1. The van der Waals surface area contributed by atoms with Crippen LogP contribution in [0.25, 0.3) is 16.9 Å². The summed E-state index contributed by atoms with van der Waals surface area (Å²) in [4.78, 5) is 0. The molecule has 1 heterocycles. The summed E-state index contributed by atoms with van der Waals surface area (Å²) in [6, 6.07) is 8.48. The van der Waals surface area contributed by atoms with Crippen molar-refractivity contribution in [3.8, 4) is 23.0 Å². The number of aromatic nitrogens is 3. The maximum Gasteiger partial charge on any atom is 0.189 e. The minimum atomic E-state index is -1.77. The molecule has 0 saturated heterocycles. The molecule has 0 radical (unpaired) electrons. The van der Waals surface area contributed by atoms with Gasteiger partial charge in [0.15, 0.2) is 23.3 Å². The standard InChI is InChI=1S/C19H14F4N4/c1-2-3-4-11-5-7-12(8-6-11)14-10-27(26-25-14)19-17(22)15(20)13(9-24)16(21)18(19)23/h5-8,10H,2-4H2,1H3. The van der Waals surface area contributed by atoms with Gasteiger partial charge in [0.2, 0.25) is 0 Å². The van der Waals surface area contributed by atoms with E-state index < -0.39 is 34.5 Å². The van der Waals surface area contributed by atoms with Gasteiger partial charge in [0.25, 0.3) is 0 Å². The number of unbranched alkanes of at least 4 members (excludes halogenated alkanes) is 1. The highest BCUT2D eigenvalue weighted by atomic mass is 19.2. The molecule has 4 nitrogen and oxygen atoms in total. The zero-order valence-electron chi connectivity index (χ0n) is 14.3. The Bertz CT molecular complexity index is 990. The Hall–Kier alpha value is -3.21. The molecule has 27 heavy (non-hydrogen) atoms. The molecule has 138 valence electrons. The van der Waals surface area contributed by atoms with Crippen LogP contribution in [0.1, 0.15) is 30.9 Å². The van der Waals surface area contributed by atoms with E-state index in [9.17, 15) is 17.6 Å². The second-order valence-electron chi connectivity index (χ2n) is 5.94. The fourth-order valence-corrected chi connectivity index (χ4v) is 2.65. The van der Waals surface area contributed by atoms with Crippen molar-refractivity contribution in [2.75, 3.05) is 0 Å². The van der Waals surface area contributed by atoms with Crippen molar-refractivity contribution in [2.45, 2.75) is 26.2 Å². The van der Waals surface area contributed by atoms with Crippen LogP contribution >= 0.6 is 0 Å². The highest BCUT2D eigenvalue weighted by Crippen LogP contribution is 2.27. The summed E-state index contributed by atoms with van der Waals surface area (Å²) in [7, 11) is 0. The molecule has 8 heteroatoms. The van der Waals surface area contributed by atoms with Gasteiger partial charge in [0.1, 0.15) is 23.0 Å². The van der Waals surface area contributed by atoms with E-state index in [0.29, 0.717) is 10.2 Å². The SMILES string of the molecule is CCCCc1ccc(-c2cn(-c3c(F)c(F)c(C#N)c(F)c3F)nn2)cc1. The molecule has 3 rings (SSSR count). The number of halogens is 4. The lowest BCUT2D eigenvalue weighted by molar-refractivity contribution is 0.439. The number of hydrogen-bond donors (Lipinski definition) is 0. The summed E-state index contributed by atoms with van der Waals surface area (Å²) in [6.07, 6.45) is 4.23. The fourth-order valence-electron chi connectivity index (χ4n) is 2.65. The molecule has 0 N–H and O–H groups in total. The number of nitrogens with zero attached hydrogens (tertiary/aromatic N) is 4. The van der Waals surface area contributed by atoms with Crippen molar-refractivity contribution in [2.24, 2.45) is 0 Å². The Balaban J connectivity index is 1.99. The molecule has 2 aromatic carbocycles. The summed E-state index contributed by atoms with van der Waals surface area (Å²) in [6.45, 7) is 2.10. The predicted molar refractivity (Wildman–Crippen MR) is 90.0 cm³/mol. The molecule has 0 amide bonds. The van der Waals surface area contributed by atoms with E-state index in [1.54, 1.807) is 12.1 Å². The number of nitriles is 1. The molecule has 0 spiro atoms. The van der Waals surface area contributed by atoms with E-state index in [-0.39, 0.29) is 5.69 Å². The summed E-state index contributed by atoms with van der Waals surface area (Å²) >= 11 is 0. The van der Waals surface area contributed by atoms with Gasteiger partial charge in [-0.25, -0.2) is 22.2 Å². The van der Waals surface area contributed by atoms with Crippen molar-refractivity contribution in [3.63, 3.8) is 0 Å². The molecular weight excluding hydrogens is 360 g/mol. The molecule has 0 aliphatic carbocycles. The van der Waals surface area contributed by atoms with Crippen LogP contribution in [-0.2, 0) is 6.42 Å². The number of aryl methyl sites for hydroxylation is 1. The molecule has 3 aromatic rings. The van der Waals surface area contributed by atoms with Crippen molar-refractivity contribution in [3.05, 3.63) is 64.9 Å². The second-order valence-corrected chi connectivity index (χ2v) is 5.94. The van der Waals surface area contributed by atoms with Crippen LogP contribution < -0.4 is 0 Å². The number of hydrogen-bond acceptors (Lipinski definition) is 3. The van der Waals surface area contributed by atoms with Crippen molar-refractivity contribution < 1.29 is 17.6 Å². The average molecular weight is 374 g/mol. The van der Waals surface area contributed by atoms with Gasteiger partial charge in [-0.1, -0.05) is 42.8 Å². The van der Waals surface area contributed by atoms with Gasteiger partial charge in [0, 0.05) is 5.56 Å². The molecule has 0 unspecified atom stereocenters. The van der Waals surface area contributed by atoms with Crippen LogP contribution in [0, 0.1) is 34.6 Å². The first-order valence-corrected chi connectivity index (χ1v) is 8.26. The molecule has 0 atom stereocenters. The Labute approximate surface area is 152 Å². The highest BCUT2D eigenvalue weighted by Gasteiger charge is 2.27. The van der Waals surface area contributed by atoms with Crippen LogP contribution in [0.5, 0.6) is 0 Å². The monoisotopic (exact) mass is 374 g/mol. The van der Waals surface area contributed by atoms with Gasteiger partial charge in [-0.3, -0.25) is 0 Å². The predicted octanol–water partition coefficient (Wildman–Crippen LogP) is 4.70. The number of rotatable bonds is 5. The molecule has 0 aliphatic rings. The molecule has 0 aliphatic heterocycles. The Morgan fingerprint density at radius 1 is 1.00 bits per heavy atom. The molecule has 1 aromatic heterocycles. The summed E-state index contributed by atoms with van der Waals surface area (Å²) in [5.41, 5.74) is -0.335. The quantitative estimate of drug-likeness (QED) is 0.480.